The predicted octanol–water partition coefficient (Wildman–Crippen LogP) is 3.50. The molecule has 22 heavy (non-hydrogen) atoms. The third-order valence-electron chi connectivity index (χ3n) is 3.23. The van der Waals surface area contributed by atoms with Gasteiger partial charge in [-0.25, -0.2) is 13.1 Å². The van der Waals surface area contributed by atoms with Crippen LogP contribution in [-0.2, 0) is 15.6 Å². The summed E-state index contributed by atoms with van der Waals surface area (Å²) < 4.78 is 26.5. The van der Waals surface area contributed by atoms with Crippen LogP contribution in [0.5, 0.6) is 0 Å². The Bertz CT molecular complexity index is 856. The first-order valence-corrected chi connectivity index (χ1v) is 8.65. The summed E-state index contributed by atoms with van der Waals surface area (Å²) >= 11 is 5.79. The van der Waals surface area contributed by atoms with Crippen molar-refractivity contribution in [1.29, 1.82) is 0 Å². The summed E-state index contributed by atoms with van der Waals surface area (Å²) in [6.07, 6.45) is 3.53. The van der Waals surface area contributed by atoms with Crippen molar-refractivity contribution < 1.29 is 8.42 Å². The Morgan fingerprint density at radius 3 is 2.27 bits per heavy atom. The van der Waals surface area contributed by atoms with Crippen molar-refractivity contribution in [2.45, 2.75) is 10.6 Å². The molecule has 0 amide bonds. The average Bonchev–Trinajstić information content (AvgIpc) is 3.02. The summed E-state index contributed by atoms with van der Waals surface area (Å²) in [5, 5.41) is 4.65. The second kappa shape index (κ2) is 5.94. The third-order valence-corrected chi connectivity index (χ3v) is 5.19. The van der Waals surface area contributed by atoms with E-state index in [9.17, 15) is 8.42 Å². The van der Waals surface area contributed by atoms with Crippen molar-refractivity contribution in [1.82, 2.24) is 9.78 Å². The standard InChI is InChI=1S/C16H13ClN2O2S/c17-14-4-8-16(9-5-14)22(20,21)12-13-2-6-15(7-3-13)19-11-1-10-18-19/h1-11H,12H2. The molecule has 1 heterocycles. The van der Waals surface area contributed by atoms with Crippen LogP contribution in [0.15, 0.2) is 71.9 Å². The minimum absolute atomic E-state index is 0.0476. The number of sulfone groups is 1. The van der Waals surface area contributed by atoms with Crippen molar-refractivity contribution in [3.63, 3.8) is 0 Å². The molecule has 0 bridgehead atoms. The molecule has 0 aliphatic rings. The maximum atomic E-state index is 12.4. The smallest absolute Gasteiger partial charge is 0.182 e. The first-order valence-electron chi connectivity index (χ1n) is 6.62. The summed E-state index contributed by atoms with van der Waals surface area (Å²) in [6.45, 7) is 0. The molecule has 3 aromatic rings. The van der Waals surface area contributed by atoms with E-state index in [0.717, 1.165) is 11.3 Å². The molecule has 0 aliphatic carbocycles. The van der Waals surface area contributed by atoms with Gasteiger partial charge in [-0.15, -0.1) is 0 Å². The van der Waals surface area contributed by atoms with E-state index in [1.807, 2.05) is 24.4 Å². The zero-order chi connectivity index (χ0) is 15.6. The van der Waals surface area contributed by atoms with Crippen molar-refractivity contribution >= 4 is 21.4 Å². The van der Waals surface area contributed by atoms with Gasteiger partial charge in [-0.05, 0) is 48.0 Å². The van der Waals surface area contributed by atoms with Gasteiger partial charge in [0.15, 0.2) is 9.84 Å². The Balaban J connectivity index is 1.82. The normalized spacial score (nSPS) is 11.5. The van der Waals surface area contributed by atoms with Crippen LogP contribution in [0, 0.1) is 0 Å². The number of nitrogens with zero attached hydrogens (tertiary/aromatic N) is 2. The lowest BCUT2D eigenvalue weighted by atomic mass is 10.2. The fraction of sp³-hybridized carbons (Fsp3) is 0.0625. The SMILES string of the molecule is O=S(=O)(Cc1ccc(-n2cccn2)cc1)c1ccc(Cl)cc1. The van der Waals surface area contributed by atoms with Crippen LogP contribution in [0.4, 0.5) is 0 Å². The van der Waals surface area contributed by atoms with Gasteiger partial charge in [0.1, 0.15) is 0 Å². The molecule has 0 atom stereocenters. The highest BCUT2D eigenvalue weighted by molar-refractivity contribution is 7.90. The topological polar surface area (TPSA) is 52.0 Å². The first-order chi connectivity index (χ1) is 10.5. The summed E-state index contributed by atoms with van der Waals surface area (Å²) in [7, 11) is -3.38. The Morgan fingerprint density at radius 2 is 1.68 bits per heavy atom. The lowest BCUT2D eigenvalue weighted by Gasteiger charge is -2.06. The highest BCUT2D eigenvalue weighted by Gasteiger charge is 2.15. The minimum Gasteiger partial charge on any atom is -0.241 e. The van der Waals surface area contributed by atoms with Gasteiger partial charge in [0.2, 0.25) is 0 Å². The summed E-state index contributed by atoms with van der Waals surface area (Å²) in [6, 6.07) is 15.3. The minimum atomic E-state index is -3.38. The molecule has 1 aromatic heterocycles. The van der Waals surface area contributed by atoms with Gasteiger partial charge >= 0.3 is 0 Å². The molecule has 0 fully saturated rings. The molecular formula is C16H13ClN2O2S. The second-order valence-electron chi connectivity index (χ2n) is 4.83. The van der Waals surface area contributed by atoms with E-state index in [1.165, 1.54) is 12.1 Å². The van der Waals surface area contributed by atoms with Gasteiger partial charge in [-0.2, -0.15) is 5.10 Å². The molecule has 6 heteroatoms. The number of rotatable bonds is 4. The van der Waals surface area contributed by atoms with E-state index in [0.29, 0.717) is 5.02 Å². The average molecular weight is 333 g/mol. The zero-order valence-corrected chi connectivity index (χ0v) is 13.1. The van der Waals surface area contributed by atoms with Crippen LogP contribution in [0.1, 0.15) is 5.56 Å². The van der Waals surface area contributed by atoms with Gasteiger partial charge < -0.3 is 0 Å². The highest BCUT2D eigenvalue weighted by atomic mass is 35.5. The van der Waals surface area contributed by atoms with Crippen molar-refractivity contribution in [3.05, 3.63) is 77.6 Å². The Kier molecular flexibility index (Phi) is 4.00. The largest absolute Gasteiger partial charge is 0.241 e. The van der Waals surface area contributed by atoms with Crippen molar-refractivity contribution in [2.24, 2.45) is 0 Å². The summed E-state index contributed by atoms with van der Waals surface area (Å²) in [5.41, 5.74) is 1.61. The van der Waals surface area contributed by atoms with Gasteiger partial charge in [-0.1, -0.05) is 23.7 Å². The molecule has 0 radical (unpaired) electrons. The van der Waals surface area contributed by atoms with Crippen molar-refractivity contribution in [2.75, 3.05) is 0 Å². The lowest BCUT2D eigenvalue weighted by molar-refractivity contribution is 0.595. The highest BCUT2D eigenvalue weighted by Crippen LogP contribution is 2.19. The Hall–Kier alpha value is -2.11. The number of halogens is 1. The number of hydrogen-bond donors (Lipinski definition) is 0. The molecule has 0 N–H and O–H groups in total. The van der Waals surface area contributed by atoms with Crippen LogP contribution in [0.3, 0.4) is 0 Å². The molecule has 0 saturated heterocycles. The zero-order valence-electron chi connectivity index (χ0n) is 11.6. The second-order valence-corrected chi connectivity index (χ2v) is 7.26. The fourth-order valence-electron chi connectivity index (χ4n) is 2.11. The van der Waals surface area contributed by atoms with Gasteiger partial charge in [0.25, 0.3) is 0 Å². The third kappa shape index (κ3) is 3.21. The monoisotopic (exact) mass is 332 g/mol. The van der Waals surface area contributed by atoms with E-state index in [2.05, 4.69) is 5.10 Å². The maximum absolute atomic E-state index is 12.4. The lowest BCUT2D eigenvalue weighted by Crippen LogP contribution is -2.05. The molecule has 0 aliphatic heterocycles. The summed E-state index contributed by atoms with van der Waals surface area (Å²) in [5.74, 6) is -0.0476. The van der Waals surface area contributed by atoms with Crippen LogP contribution < -0.4 is 0 Å². The fourth-order valence-corrected chi connectivity index (χ4v) is 3.59. The molecule has 112 valence electrons. The molecule has 0 saturated carbocycles. The van der Waals surface area contributed by atoms with Gasteiger partial charge in [0, 0.05) is 17.4 Å². The number of aromatic nitrogens is 2. The molecule has 0 unspecified atom stereocenters. The molecular weight excluding hydrogens is 320 g/mol. The molecule has 0 spiro atoms. The molecule has 4 nitrogen and oxygen atoms in total. The molecule has 2 aromatic carbocycles. The first kappa shape index (κ1) is 14.8. The van der Waals surface area contributed by atoms with E-state index in [1.54, 1.807) is 35.1 Å². The van der Waals surface area contributed by atoms with Crippen LogP contribution in [0.2, 0.25) is 5.02 Å². The van der Waals surface area contributed by atoms with Crippen LogP contribution in [0.25, 0.3) is 5.69 Å². The predicted molar refractivity (Wildman–Crippen MR) is 85.9 cm³/mol. The Morgan fingerprint density at radius 1 is 1.00 bits per heavy atom. The maximum Gasteiger partial charge on any atom is 0.182 e. The summed E-state index contributed by atoms with van der Waals surface area (Å²) in [4.78, 5) is 0.271. The van der Waals surface area contributed by atoms with Crippen molar-refractivity contribution in [3.8, 4) is 5.69 Å². The van der Waals surface area contributed by atoms with Crippen LogP contribution >= 0.6 is 11.6 Å². The van der Waals surface area contributed by atoms with Crippen LogP contribution in [-0.4, -0.2) is 18.2 Å². The Labute approximate surface area is 133 Å². The van der Waals surface area contributed by atoms with E-state index >= 15 is 0 Å². The quantitative estimate of drug-likeness (QED) is 0.734. The molecule has 3 rings (SSSR count). The van der Waals surface area contributed by atoms with Gasteiger partial charge in [-0.3, -0.25) is 0 Å². The van der Waals surface area contributed by atoms with E-state index in [-0.39, 0.29) is 10.6 Å². The van der Waals surface area contributed by atoms with E-state index in [4.69, 9.17) is 11.6 Å². The number of hydrogen-bond acceptors (Lipinski definition) is 3. The number of benzene rings is 2. The van der Waals surface area contributed by atoms with E-state index < -0.39 is 9.84 Å². The van der Waals surface area contributed by atoms with Gasteiger partial charge in [0.05, 0.1) is 16.3 Å².